The van der Waals surface area contributed by atoms with Crippen LogP contribution in [0.4, 0.5) is 5.69 Å². The maximum absolute atomic E-state index is 12.3. The van der Waals surface area contributed by atoms with Gasteiger partial charge in [-0.05, 0) is 41.8 Å². The summed E-state index contributed by atoms with van der Waals surface area (Å²) in [5.41, 5.74) is 2.12. The summed E-state index contributed by atoms with van der Waals surface area (Å²) in [6.07, 6.45) is 0.894. The van der Waals surface area contributed by atoms with Crippen LogP contribution in [0.2, 0.25) is 5.02 Å². The normalized spacial score (nSPS) is 11.4. The number of aliphatic hydroxyl groups is 1. The molecule has 21 heavy (non-hydrogen) atoms. The molecule has 0 fully saturated rings. The SMILES string of the molecule is CCc1ccc(NS(=O)(=O)c2ccc(CO)c(Cl)c2)cc1. The van der Waals surface area contributed by atoms with Crippen LogP contribution in [0.3, 0.4) is 0 Å². The van der Waals surface area contributed by atoms with Crippen LogP contribution < -0.4 is 4.72 Å². The number of aryl methyl sites for hydroxylation is 1. The highest BCUT2D eigenvalue weighted by Crippen LogP contribution is 2.23. The molecule has 2 aromatic rings. The number of halogens is 1. The number of rotatable bonds is 5. The van der Waals surface area contributed by atoms with Gasteiger partial charge in [0.25, 0.3) is 10.0 Å². The van der Waals surface area contributed by atoms with Crippen LogP contribution >= 0.6 is 11.6 Å². The average Bonchev–Trinajstić information content (AvgIpc) is 2.47. The molecule has 2 aromatic carbocycles. The molecule has 112 valence electrons. The van der Waals surface area contributed by atoms with Gasteiger partial charge in [0.1, 0.15) is 0 Å². The third-order valence-corrected chi connectivity index (χ3v) is 4.85. The molecule has 2 N–H and O–H groups in total. The van der Waals surface area contributed by atoms with Crippen molar-refractivity contribution < 1.29 is 13.5 Å². The Bertz CT molecular complexity index is 727. The molecule has 0 aliphatic carbocycles. The van der Waals surface area contributed by atoms with Gasteiger partial charge < -0.3 is 5.11 Å². The van der Waals surface area contributed by atoms with E-state index in [9.17, 15) is 8.42 Å². The van der Waals surface area contributed by atoms with Crippen molar-refractivity contribution in [2.24, 2.45) is 0 Å². The first-order valence-corrected chi connectivity index (χ1v) is 8.33. The number of benzene rings is 2. The fourth-order valence-corrected chi connectivity index (χ4v) is 3.24. The van der Waals surface area contributed by atoms with Gasteiger partial charge in [-0.2, -0.15) is 0 Å². The zero-order chi connectivity index (χ0) is 15.5. The van der Waals surface area contributed by atoms with Crippen molar-refractivity contribution in [3.63, 3.8) is 0 Å². The molecule has 0 aliphatic rings. The van der Waals surface area contributed by atoms with Crippen LogP contribution in [0.5, 0.6) is 0 Å². The number of hydrogen-bond donors (Lipinski definition) is 2. The topological polar surface area (TPSA) is 66.4 Å². The van der Waals surface area contributed by atoms with Gasteiger partial charge in [-0.1, -0.05) is 36.7 Å². The predicted molar refractivity (Wildman–Crippen MR) is 84.0 cm³/mol. The molecule has 0 heterocycles. The minimum Gasteiger partial charge on any atom is -0.392 e. The van der Waals surface area contributed by atoms with Gasteiger partial charge in [0.15, 0.2) is 0 Å². The van der Waals surface area contributed by atoms with E-state index in [-0.39, 0.29) is 16.5 Å². The van der Waals surface area contributed by atoms with Gasteiger partial charge in [0.05, 0.1) is 11.5 Å². The van der Waals surface area contributed by atoms with Crippen molar-refractivity contribution in [2.45, 2.75) is 24.8 Å². The van der Waals surface area contributed by atoms with E-state index in [0.717, 1.165) is 12.0 Å². The Morgan fingerprint density at radius 2 is 1.81 bits per heavy atom. The fraction of sp³-hybridized carbons (Fsp3) is 0.200. The highest BCUT2D eigenvalue weighted by molar-refractivity contribution is 7.92. The van der Waals surface area contributed by atoms with Crippen molar-refractivity contribution in [2.75, 3.05) is 4.72 Å². The van der Waals surface area contributed by atoms with Crippen LogP contribution in [-0.2, 0) is 23.1 Å². The summed E-state index contributed by atoms with van der Waals surface area (Å²) in [4.78, 5) is 0.0595. The summed E-state index contributed by atoms with van der Waals surface area (Å²) in [7, 11) is -3.70. The lowest BCUT2D eigenvalue weighted by atomic mass is 10.2. The van der Waals surface area contributed by atoms with E-state index < -0.39 is 10.0 Å². The number of aliphatic hydroxyl groups excluding tert-OH is 1. The monoisotopic (exact) mass is 325 g/mol. The van der Waals surface area contributed by atoms with E-state index in [1.54, 1.807) is 12.1 Å². The Hall–Kier alpha value is -1.56. The van der Waals surface area contributed by atoms with E-state index in [0.29, 0.717) is 11.3 Å². The lowest BCUT2D eigenvalue weighted by Crippen LogP contribution is -2.13. The zero-order valence-corrected chi connectivity index (χ0v) is 13.1. The standard InChI is InChI=1S/C15H16ClNO3S/c1-2-11-3-6-13(7-4-11)17-21(19,20)14-8-5-12(10-18)15(16)9-14/h3-9,17-18H,2,10H2,1H3. The summed E-state index contributed by atoms with van der Waals surface area (Å²) in [6, 6.07) is 11.4. The second-order valence-corrected chi connectivity index (χ2v) is 6.66. The Kier molecular flexibility index (Phi) is 4.88. The molecule has 0 atom stereocenters. The highest BCUT2D eigenvalue weighted by Gasteiger charge is 2.15. The van der Waals surface area contributed by atoms with Gasteiger partial charge >= 0.3 is 0 Å². The van der Waals surface area contributed by atoms with Crippen LogP contribution in [0.25, 0.3) is 0 Å². The van der Waals surface area contributed by atoms with E-state index in [1.165, 1.54) is 18.2 Å². The Balaban J connectivity index is 2.26. The molecule has 6 heteroatoms. The number of hydrogen-bond acceptors (Lipinski definition) is 3. The van der Waals surface area contributed by atoms with Gasteiger partial charge in [0.2, 0.25) is 0 Å². The fourth-order valence-electron chi connectivity index (χ4n) is 1.85. The first-order valence-electron chi connectivity index (χ1n) is 6.47. The van der Waals surface area contributed by atoms with E-state index in [4.69, 9.17) is 16.7 Å². The quantitative estimate of drug-likeness (QED) is 0.887. The van der Waals surface area contributed by atoms with Gasteiger partial charge in [-0.3, -0.25) is 4.72 Å². The molecule has 4 nitrogen and oxygen atoms in total. The lowest BCUT2D eigenvalue weighted by Gasteiger charge is -2.10. The van der Waals surface area contributed by atoms with Crippen LogP contribution in [-0.4, -0.2) is 13.5 Å². The number of nitrogens with one attached hydrogen (secondary N) is 1. The van der Waals surface area contributed by atoms with Crippen LogP contribution in [0, 0.1) is 0 Å². The second-order valence-electron chi connectivity index (χ2n) is 4.57. The third-order valence-electron chi connectivity index (χ3n) is 3.12. The molecule has 0 saturated carbocycles. The Morgan fingerprint density at radius 1 is 1.14 bits per heavy atom. The maximum Gasteiger partial charge on any atom is 0.261 e. The molecular formula is C15H16ClNO3S. The van der Waals surface area contributed by atoms with Crippen molar-refractivity contribution in [3.8, 4) is 0 Å². The number of anilines is 1. The minimum absolute atomic E-state index is 0.0595. The molecule has 2 rings (SSSR count). The zero-order valence-electron chi connectivity index (χ0n) is 11.5. The van der Waals surface area contributed by atoms with Gasteiger partial charge in [-0.15, -0.1) is 0 Å². The molecule has 0 aliphatic heterocycles. The van der Waals surface area contributed by atoms with Crippen molar-refractivity contribution in [1.82, 2.24) is 0 Å². The average molecular weight is 326 g/mol. The summed E-state index contributed by atoms with van der Waals surface area (Å²) in [6.45, 7) is 1.80. The smallest absolute Gasteiger partial charge is 0.261 e. The molecule has 0 saturated heterocycles. The maximum atomic E-state index is 12.3. The first-order chi connectivity index (χ1) is 9.96. The van der Waals surface area contributed by atoms with E-state index in [2.05, 4.69) is 4.72 Å². The lowest BCUT2D eigenvalue weighted by molar-refractivity contribution is 0.282. The molecule has 0 bridgehead atoms. The largest absolute Gasteiger partial charge is 0.392 e. The van der Waals surface area contributed by atoms with Crippen molar-refractivity contribution >= 4 is 27.3 Å². The van der Waals surface area contributed by atoms with Gasteiger partial charge in [0, 0.05) is 10.7 Å². The summed E-state index contributed by atoms with van der Waals surface area (Å²) >= 11 is 5.93. The third kappa shape index (κ3) is 3.75. The predicted octanol–water partition coefficient (Wildman–Crippen LogP) is 3.20. The van der Waals surface area contributed by atoms with Crippen molar-refractivity contribution in [1.29, 1.82) is 0 Å². The first kappa shape index (κ1) is 15.8. The summed E-state index contributed by atoms with van der Waals surface area (Å²) in [5.74, 6) is 0. The molecule has 0 amide bonds. The highest BCUT2D eigenvalue weighted by atomic mass is 35.5. The summed E-state index contributed by atoms with van der Waals surface area (Å²) < 4.78 is 27.1. The van der Waals surface area contributed by atoms with Gasteiger partial charge in [-0.25, -0.2) is 8.42 Å². The molecular weight excluding hydrogens is 310 g/mol. The summed E-state index contributed by atoms with van der Waals surface area (Å²) in [5, 5.41) is 9.27. The van der Waals surface area contributed by atoms with E-state index in [1.807, 2.05) is 19.1 Å². The minimum atomic E-state index is -3.70. The Morgan fingerprint density at radius 3 is 2.33 bits per heavy atom. The Labute approximate surface area is 129 Å². The van der Waals surface area contributed by atoms with Crippen molar-refractivity contribution in [3.05, 3.63) is 58.6 Å². The second kappa shape index (κ2) is 6.47. The molecule has 0 radical (unpaired) electrons. The van der Waals surface area contributed by atoms with Crippen LogP contribution in [0.1, 0.15) is 18.1 Å². The molecule has 0 aromatic heterocycles. The van der Waals surface area contributed by atoms with Crippen LogP contribution in [0.15, 0.2) is 47.4 Å². The number of sulfonamides is 1. The molecule has 0 spiro atoms. The van der Waals surface area contributed by atoms with E-state index >= 15 is 0 Å². The molecule has 0 unspecified atom stereocenters.